The molecule has 1 aromatic heterocycles. The third kappa shape index (κ3) is 5.95. The van der Waals surface area contributed by atoms with Crippen molar-refractivity contribution in [2.24, 2.45) is 11.3 Å². The molecule has 2 aromatic rings. The van der Waals surface area contributed by atoms with Gasteiger partial charge in [0.25, 0.3) is 0 Å². The van der Waals surface area contributed by atoms with Crippen LogP contribution in [0.5, 0.6) is 5.88 Å². The second kappa shape index (κ2) is 8.10. The monoisotopic (exact) mass is 384 g/mol. The molecular weight excluding hydrogens is 348 g/mol. The molecule has 1 unspecified atom stereocenters. The Kier molecular flexibility index (Phi) is 6.42. The Hall–Kier alpha value is -2.10. The van der Waals surface area contributed by atoms with E-state index >= 15 is 0 Å². The highest BCUT2D eigenvalue weighted by molar-refractivity contribution is 5.72. The van der Waals surface area contributed by atoms with Gasteiger partial charge in [-0.15, -0.1) is 0 Å². The van der Waals surface area contributed by atoms with Crippen LogP contribution in [0, 0.1) is 25.2 Å². The Balaban J connectivity index is 2.32. The number of rotatable bonds is 5. The van der Waals surface area contributed by atoms with Crippen molar-refractivity contribution < 1.29 is 9.53 Å². The highest BCUT2D eigenvalue weighted by Crippen LogP contribution is 2.30. The fourth-order valence-electron chi connectivity index (χ4n) is 3.58. The lowest BCUT2D eigenvalue weighted by Crippen LogP contribution is -2.18. The number of benzene rings is 1. The highest BCUT2D eigenvalue weighted by atomic mass is 16.5. The summed E-state index contributed by atoms with van der Waals surface area (Å²) in [5.41, 5.74) is 4.19. The van der Waals surface area contributed by atoms with Crippen LogP contribution in [0.3, 0.4) is 0 Å². The Labute approximate surface area is 170 Å². The van der Waals surface area contributed by atoms with Crippen molar-refractivity contribution in [3.05, 3.63) is 41.1 Å². The summed E-state index contributed by atoms with van der Waals surface area (Å²) in [5.74, 6) is 0.556. The summed E-state index contributed by atoms with van der Waals surface area (Å²) in [4.78, 5) is 12.6. The minimum atomic E-state index is -0.205. The second-order valence-corrected chi connectivity index (χ2v) is 10.4. The van der Waals surface area contributed by atoms with Gasteiger partial charge in [0.05, 0.1) is 11.4 Å². The number of carbonyl (C=O) groups is 1. The largest absolute Gasteiger partial charge is 0.407 e. The van der Waals surface area contributed by atoms with Crippen molar-refractivity contribution in [2.75, 3.05) is 0 Å². The summed E-state index contributed by atoms with van der Waals surface area (Å²) in [6.07, 6.45) is 1.38. The molecule has 0 saturated carbocycles. The van der Waals surface area contributed by atoms with Crippen LogP contribution in [-0.2, 0) is 10.2 Å². The van der Waals surface area contributed by atoms with Crippen LogP contribution in [0.2, 0.25) is 0 Å². The van der Waals surface area contributed by atoms with Crippen molar-refractivity contribution >= 4 is 5.97 Å². The average Bonchev–Trinajstić information content (AvgIpc) is 2.88. The maximum Gasteiger partial charge on any atom is 0.312 e. The van der Waals surface area contributed by atoms with Crippen LogP contribution < -0.4 is 4.74 Å². The summed E-state index contributed by atoms with van der Waals surface area (Å²) < 4.78 is 7.57. The molecule has 0 aliphatic rings. The molecular formula is C24H36N2O2. The van der Waals surface area contributed by atoms with E-state index in [0.29, 0.717) is 12.3 Å². The molecule has 0 spiro atoms. The Morgan fingerprint density at radius 3 is 2.29 bits per heavy atom. The quantitative estimate of drug-likeness (QED) is 0.580. The van der Waals surface area contributed by atoms with Gasteiger partial charge < -0.3 is 4.74 Å². The third-order valence-electron chi connectivity index (χ3n) is 4.72. The lowest BCUT2D eigenvalue weighted by atomic mass is 9.84. The zero-order valence-electron chi connectivity index (χ0n) is 19.0. The van der Waals surface area contributed by atoms with Crippen LogP contribution >= 0.6 is 0 Å². The van der Waals surface area contributed by atoms with Gasteiger partial charge in [0, 0.05) is 17.9 Å². The molecule has 0 saturated heterocycles. The molecule has 4 nitrogen and oxygen atoms in total. The van der Waals surface area contributed by atoms with Gasteiger partial charge in [0.2, 0.25) is 5.88 Å². The zero-order chi connectivity index (χ0) is 21.3. The first-order valence-corrected chi connectivity index (χ1v) is 10.1. The molecule has 0 N–H and O–H groups in total. The van der Waals surface area contributed by atoms with E-state index in [2.05, 4.69) is 74.4 Å². The molecule has 0 bridgehead atoms. The number of hydrogen-bond donors (Lipinski definition) is 0. The van der Waals surface area contributed by atoms with E-state index in [-0.39, 0.29) is 22.7 Å². The van der Waals surface area contributed by atoms with Crippen LogP contribution in [0.25, 0.3) is 5.69 Å². The molecule has 1 aromatic carbocycles. The molecule has 0 amide bonds. The Bertz CT molecular complexity index is 835. The predicted molar refractivity (Wildman–Crippen MR) is 115 cm³/mol. The van der Waals surface area contributed by atoms with E-state index in [1.807, 2.05) is 12.1 Å². The smallest absolute Gasteiger partial charge is 0.312 e. The minimum absolute atomic E-state index is 0.134. The first kappa shape index (κ1) is 22.2. The number of ether oxygens (including phenoxy) is 1. The lowest BCUT2D eigenvalue weighted by molar-refractivity contribution is -0.135. The molecule has 0 radical (unpaired) electrons. The van der Waals surface area contributed by atoms with E-state index in [1.54, 1.807) is 4.68 Å². The summed E-state index contributed by atoms with van der Waals surface area (Å²) in [6.45, 7) is 19.1. The van der Waals surface area contributed by atoms with Gasteiger partial charge in [-0.2, -0.15) is 5.10 Å². The van der Waals surface area contributed by atoms with Gasteiger partial charge in [0.1, 0.15) is 0 Å². The van der Waals surface area contributed by atoms with Gasteiger partial charge in [0.15, 0.2) is 0 Å². The molecule has 2 rings (SSSR count). The van der Waals surface area contributed by atoms with Gasteiger partial charge in [-0.25, -0.2) is 4.68 Å². The van der Waals surface area contributed by atoms with Gasteiger partial charge in [-0.1, -0.05) is 66.2 Å². The van der Waals surface area contributed by atoms with Crippen molar-refractivity contribution in [3.63, 3.8) is 0 Å². The summed E-state index contributed by atoms with van der Waals surface area (Å²) in [5, 5.41) is 4.77. The minimum Gasteiger partial charge on any atom is -0.407 e. The molecule has 0 aliphatic carbocycles. The normalized spacial score (nSPS) is 13.5. The maximum atomic E-state index is 12.6. The molecule has 1 heterocycles. The highest BCUT2D eigenvalue weighted by Gasteiger charge is 2.24. The SMILES string of the molecule is Cc1ccc(-n2nc(C(C)(C)C)cc2OC(=O)CC(C)CC(C)(C)C)c(C)c1. The van der Waals surface area contributed by atoms with Crippen molar-refractivity contribution in [2.45, 2.75) is 80.6 Å². The third-order valence-corrected chi connectivity index (χ3v) is 4.72. The van der Waals surface area contributed by atoms with Crippen LogP contribution in [-0.4, -0.2) is 15.7 Å². The Morgan fingerprint density at radius 2 is 1.75 bits per heavy atom. The van der Waals surface area contributed by atoms with E-state index in [4.69, 9.17) is 9.84 Å². The van der Waals surface area contributed by atoms with Crippen LogP contribution in [0.4, 0.5) is 0 Å². The molecule has 4 heteroatoms. The molecule has 154 valence electrons. The van der Waals surface area contributed by atoms with Gasteiger partial charge in [-0.05, 0) is 43.2 Å². The van der Waals surface area contributed by atoms with E-state index in [0.717, 1.165) is 23.4 Å². The van der Waals surface area contributed by atoms with Crippen molar-refractivity contribution in [3.8, 4) is 11.6 Å². The van der Waals surface area contributed by atoms with Crippen molar-refractivity contribution in [1.82, 2.24) is 9.78 Å². The molecule has 0 fully saturated rings. The van der Waals surface area contributed by atoms with Crippen LogP contribution in [0.1, 0.15) is 78.1 Å². The Morgan fingerprint density at radius 1 is 1.11 bits per heavy atom. The molecule has 28 heavy (non-hydrogen) atoms. The molecule has 1 atom stereocenters. The van der Waals surface area contributed by atoms with Crippen molar-refractivity contribution in [1.29, 1.82) is 0 Å². The summed E-state index contributed by atoms with van der Waals surface area (Å²) >= 11 is 0. The van der Waals surface area contributed by atoms with E-state index < -0.39 is 0 Å². The average molecular weight is 385 g/mol. The number of esters is 1. The maximum absolute atomic E-state index is 12.6. The number of hydrogen-bond acceptors (Lipinski definition) is 3. The number of carbonyl (C=O) groups excluding carboxylic acids is 1. The topological polar surface area (TPSA) is 44.1 Å². The zero-order valence-corrected chi connectivity index (χ0v) is 19.0. The molecule has 0 aliphatic heterocycles. The number of aromatic nitrogens is 2. The fraction of sp³-hybridized carbons (Fsp3) is 0.583. The lowest BCUT2D eigenvalue weighted by Gasteiger charge is -2.22. The number of nitrogens with zero attached hydrogens (tertiary/aromatic N) is 2. The van der Waals surface area contributed by atoms with Crippen LogP contribution in [0.15, 0.2) is 24.3 Å². The summed E-state index contributed by atoms with van der Waals surface area (Å²) in [6, 6.07) is 8.10. The number of aryl methyl sites for hydroxylation is 2. The van der Waals surface area contributed by atoms with E-state index in [1.165, 1.54) is 5.56 Å². The first-order chi connectivity index (χ1) is 12.8. The predicted octanol–water partition coefficient (Wildman–Crippen LogP) is 6.15. The van der Waals surface area contributed by atoms with Gasteiger partial charge in [-0.3, -0.25) is 4.79 Å². The second-order valence-electron chi connectivity index (χ2n) is 10.4. The van der Waals surface area contributed by atoms with Gasteiger partial charge >= 0.3 is 5.97 Å². The summed E-state index contributed by atoms with van der Waals surface area (Å²) in [7, 11) is 0. The standard InChI is InChI=1S/C24H36N2O2/c1-16-10-11-19(18(3)12-16)26-21(14-20(25-26)24(7,8)9)28-22(27)13-17(2)15-23(4,5)6/h10-12,14,17H,13,15H2,1-9H3. The fourth-order valence-corrected chi connectivity index (χ4v) is 3.58. The first-order valence-electron chi connectivity index (χ1n) is 10.1. The van der Waals surface area contributed by atoms with E-state index in [9.17, 15) is 4.79 Å².